The van der Waals surface area contributed by atoms with E-state index in [2.05, 4.69) is 32.3 Å². The first-order valence-corrected chi connectivity index (χ1v) is 11.5. The van der Waals surface area contributed by atoms with Crippen LogP contribution in [0, 0.1) is 0 Å². The number of rotatable bonds is 7. The Bertz CT molecular complexity index is 1040. The number of hydrogen-bond donors (Lipinski definition) is 1. The quantitative estimate of drug-likeness (QED) is 0.570. The van der Waals surface area contributed by atoms with Crippen molar-refractivity contribution >= 4 is 11.8 Å². The van der Waals surface area contributed by atoms with Crippen LogP contribution in [0.5, 0.6) is 0 Å². The summed E-state index contributed by atoms with van der Waals surface area (Å²) >= 11 is 0. The fourth-order valence-electron chi connectivity index (χ4n) is 5.00. The van der Waals surface area contributed by atoms with E-state index in [-0.39, 0.29) is 5.41 Å². The maximum atomic E-state index is 5.21. The monoisotopic (exact) mass is 430 g/mol. The number of methoxy groups -OCH3 is 1. The van der Waals surface area contributed by atoms with Gasteiger partial charge in [0.15, 0.2) is 5.82 Å². The third-order valence-corrected chi connectivity index (χ3v) is 6.77. The molecule has 0 unspecified atom stereocenters. The third kappa shape index (κ3) is 4.05. The van der Waals surface area contributed by atoms with Crippen LogP contribution in [-0.4, -0.2) is 53.3 Å². The second-order valence-electron chi connectivity index (χ2n) is 8.68. The Labute approximate surface area is 189 Å². The highest BCUT2D eigenvalue weighted by Gasteiger charge is 2.44. The van der Waals surface area contributed by atoms with Gasteiger partial charge in [-0.3, -0.25) is 0 Å². The van der Waals surface area contributed by atoms with Crippen molar-refractivity contribution in [3.05, 3.63) is 60.0 Å². The first-order chi connectivity index (χ1) is 15.8. The molecule has 0 radical (unpaired) electrons. The number of ether oxygens (including phenoxy) is 1. The van der Waals surface area contributed by atoms with E-state index in [9.17, 15) is 0 Å². The average Bonchev–Trinajstić information content (AvgIpc) is 3.21. The van der Waals surface area contributed by atoms with Gasteiger partial charge in [-0.2, -0.15) is 0 Å². The van der Waals surface area contributed by atoms with Gasteiger partial charge < -0.3 is 15.0 Å². The Kier molecular flexibility index (Phi) is 5.99. The molecule has 1 N–H and O–H groups in total. The second-order valence-corrected chi connectivity index (χ2v) is 8.68. The second kappa shape index (κ2) is 9.20. The SMILES string of the molecule is COCCCNc1nc(-c2ccccc2)nc2c1CCC21CCN(c2ncccn2)CC1. The highest BCUT2D eigenvalue weighted by Crippen LogP contribution is 2.47. The summed E-state index contributed by atoms with van der Waals surface area (Å²) in [6, 6.07) is 12.2. The first kappa shape index (κ1) is 20.8. The number of nitrogens with zero attached hydrogens (tertiary/aromatic N) is 5. The van der Waals surface area contributed by atoms with Crippen LogP contribution in [-0.2, 0) is 16.6 Å². The van der Waals surface area contributed by atoms with Crippen LogP contribution in [0.1, 0.15) is 36.9 Å². The zero-order valence-corrected chi connectivity index (χ0v) is 18.6. The zero-order chi connectivity index (χ0) is 21.8. The topological polar surface area (TPSA) is 76.1 Å². The van der Waals surface area contributed by atoms with Crippen molar-refractivity contribution in [2.45, 2.75) is 37.5 Å². The number of piperidine rings is 1. The van der Waals surface area contributed by atoms with Gasteiger partial charge in [0.1, 0.15) is 5.82 Å². The van der Waals surface area contributed by atoms with Crippen LogP contribution in [0.15, 0.2) is 48.8 Å². The number of anilines is 2. The molecule has 7 heteroatoms. The Balaban J connectivity index is 1.45. The Morgan fingerprint density at radius 1 is 1.00 bits per heavy atom. The molecule has 1 aliphatic carbocycles. The maximum Gasteiger partial charge on any atom is 0.225 e. The number of benzene rings is 1. The molecule has 0 atom stereocenters. The molecule has 166 valence electrons. The minimum atomic E-state index is 0.107. The molecule has 7 nitrogen and oxygen atoms in total. The van der Waals surface area contributed by atoms with Gasteiger partial charge in [-0.1, -0.05) is 30.3 Å². The lowest BCUT2D eigenvalue weighted by atomic mass is 9.76. The molecule has 32 heavy (non-hydrogen) atoms. The molecule has 3 heterocycles. The van der Waals surface area contributed by atoms with Crippen molar-refractivity contribution in [2.24, 2.45) is 0 Å². The van der Waals surface area contributed by atoms with Gasteiger partial charge in [0, 0.05) is 62.3 Å². The van der Waals surface area contributed by atoms with Gasteiger partial charge in [-0.15, -0.1) is 0 Å². The molecule has 1 fully saturated rings. The van der Waals surface area contributed by atoms with Crippen molar-refractivity contribution in [3.63, 3.8) is 0 Å². The van der Waals surface area contributed by atoms with E-state index in [1.165, 1.54) is 11.3 Å². The standard InChI is InChI=1S/C25H30N6O/c1-32-18-6-15-26-23-20-9-10-25(11-16-31(17-12-25)24-27-13-5-14-28-24)21(20)29-22(30-23)19-7-3-2-4-8-19/h2-5,7-8,13-14H,6,9-12,15-18H2,1H3,(H,26,29,30). The summed E-state index contributed by atoms with van der Waals surface area (Å²) in [5.74, 6) is 2.64. The summed E-state index contributed by atoms with van der Waals surface area (Å²) in [5, 5.41) is 3.59. The summed E-state index contributed by atoms with van der Waals surface area (Å²) in [6.45, 7) is 3.49. The normalized spacial score (nSPS) is 16.8. The largest absolute Gasteiger partial charge is 0.385 e. The molecule has 0 saturated carbocycles. The summed E-state index contributed by atoms with van der Waals surface area (Å²) in [7, 11) is 1.74. The van der Waals surface area contributed by atoms with E-state index in [0.29, 0.717) is 0 Å². The summed E-state index contributed by atoms with van der Waals surface area (Å²) in [4.78, 5) is 21.3. The lowest BCUT2D eigenvalue weighted by molar-refractivity contribution is 0.197. The van der Waals surface area contributed by atoms with Gasteiger partial charge in [-0.05, 0) is 38.2 Å². The lowest BCUT2D eigenvalue weighted by Gasteiger charge is -2.39. The van der Waals surface area contributed by atoms with Crippen molar-refractivity contribution < 1.29 is 4.74 Å². The van der Waals surface area contributed by atoms with Gasteiger partial charge in [0.05, 0.1) is 5.69 Å². The highest BCUT2D eigenvalue weighted by atomic mass is 16.5. The van der Waals surface area contributed by atoms with Crippen LogP contribution in [0.3, 0.4) is 0 Å². The Hall–Kier alpha value is -3.06. The van der Waals surface area contributed by atoms with Crippen LogP contribution in [0.4, 0.5) is 11.8 Å². The van der Waals surface area contributed by atoms with Gasteiger partial charge in [0.2, 0.25) is 5.95 Å². The molecule has 3 aromatic rings. The van der Waals surface area contributed by atoms with E-state index in [1.54, 1.807) is 7.11 Å². The van der Waals surface area contributed by atoms with E-state index in [1.807, 2.05) is 36.7 Å². The fourth-order valence-corrected chi connectivity index (χ4v) is 5.00. The minimum absolute atomic E-state index is 0.107. The Morgan fingerprint density at radius 2 is 1.78 bits per heavy atom. The van der Waals surface area contributed by atoms with E-state index < -0.39 is 0 Å². The number of nitrogens with one attached hydrogen (secondary N) is 1. The number of hydrogen-bond acceptors (Lipinski definition) is 7. The van der Waals surface area contributed by atoms with E-state index in [4.69, 9.17) is 14.7 Å². The summed E-state index contributed by atoms with van der Waals surface area (Å²) in [6.07, 6.45) is 8.87. The Morgan fingerprint density at radius 3 is 2.53 bits per heavy atom. The molecular formula is C25H30N6O. The summed E-state index contributed by atoms with van der Waals surface area (Å²) < 4.78 is 5.21. The minimum Gasteiger partial charge on any atom is -0.385 e. The van der Waals surface area contributed by atoms with Crippen LogP contribution < -0.4 is 10.2 Å². The van der Waals surface area contributed by atoms with E-state index >= 15 is 0 Å². The predicted octanol–water partition coefficient (Wildman–Crippen LogP) is 3.87. The average molecular weight is 431 g/mol. The molecule has 2 aliphatic rings. The molecule has 1 saturated heterocycles. The molecule has 0 amide bonds. The van der Waals surface area contributed by atoms with Gasteiger partial charge in [0.25, 0.3) is 0 Å². The van der Waals surface area contributed by atoms with Crippen molar-refractivity contribution in [3.8, 4) is 11.4 Å². The molecule has 5 rings (SSSR count). The number of fused-ring (bicyclic) bond motifs is 2. The molecule has 1 aliphatic heterocycles. The number of aromatic nitrogens is 4. The smallest absolute Gasteiger partial charge is 0.225 e. The molecule has 0 bridgehead atoms. The fraction of sp³-hybridized carbons (Fsp3) is 0.440. The lowest BCUT2D eigenvalue weighted by Crippen LogP contribution is -2.42. The molecule has 2 aromatic heterocycles. The van der Waals surface area contributed by atoms with Gasteiger partial charge >= 0.3 is 0 Å². The first-order valence-electron chi connectivity index (χ1n) is 11.5. The molecule has 1 aromatic carbocycles. The van der Waals surface area contributed by atoms with Crippen LogP contribution in [0.25, 0.3) is 11.4 Å². The third-order valence-electron chi connectivity index (χ3n) is 6.77. The maximum absolute atomic E-state index is 5.21. The zero-order valence-electron chi connectivity index (χ0n) is 18.6. The van der Waals surface area contributed by atoms with Crippen molar-refractivity contribution in [1.82, 2.24) is 19.9 Å². The van der Waals surface area contributed by atoms with Crippen molar-refractivity contribution in [2.75, 3.05) is 43.6 Å². The van der Waals surface area contributed by atoms with Gasteiger partial charge in [-0.25, -0.2) is 19.9 Å². The molecule has 1 spiro atoms. The van der Waals surface area contributed by atoms with Crippen LogP contribution in [0.2, 0.25) is 0 Å². The van der Waals surface area contributed by atoms with Crippen LogP contribution >= 0.6 is 0 Å². The molecular weight excluding hydrogens is 400 g/mol. The predicted molar refractivity (Wildman–Crippen MR) is 126 cm³/mol. The van der Waals surface area contributed by atoms with E-state index in [0.717, 1.165) is 81.5 Å². The highest BCUT2D eigenvalue weighted by molar-refractivity contribution is 5.62. The van der Waals surface area contributed by atoms with Crippen molar-refractivity contribution in [1.29, 1.82) is 0 Å². The summed E-state index contributed by atoms with van der Waals surface area (Å²) in [5.41, 5.74) is 3.71.